The normalized spacial score (nSPS) is 12.6. The average Bonchev–Trinajstić information content (AvgIpc) is 3.30. The Labute approximate surface area is 142 Å². The molecule has 0 unspecified atom stereocenters. The second kappa shape index (κ2) is 4.51. The van der Waals surface area contributed by atoms with Gasteiger partial charge in [-0.3, -0.25) is 0 Å². The number of para-hydroxylation sites is 1. The third kappa shape index (κ3) is 1.58. The summed E-state index contributed by atoms with van der Waals surface area (Å²) in [5.74, 6) is 1.05. The van der Waals surface area contributed by atoms with Gasteiger partial charge in [0.05, 0.1) is 6.54 Å². The molecule has 1 aliphatic heterocycles. The van der Waals surface area contributed by atoms with Gasteiger partial charge in [0.1, 0.15) is 11.4 Å². The van der Waals surface area contributed by atoms with E-state index in [1.165, 1.54) is 5.56 Å². The van der Waals surface area contributed by atoms with Crippen molar-refractivity contribution in [2.75, 3.05) is 0 Å². The molecule has 0 spiro atoms. The molecule has 4 aromatic heterocycles. The summed E-state index contributed by atoms with van der Waals surface area (Å²) in [6.45, 7) is 0.777. The summed E-state index contributed by atoms with van der Waals surface area (Å²) in [6, 6.07) is 18.3. The van der Waals surface area contributed by atoms with Crippen molar-refractivity contribution in [3.05, 3.63) is 72.6 Å². The van der Waals surface area contributed by atoms with Crippen LogP contribution in [0.4, 0.5) is 0 Å². The minimum atomic E-state index is 0.777. The number of fused-ring (bicyclic) bond motifs is 7. The highest BCUT2D eigenvalue weighted by molar-refractivity contribution is 5.78. The van der Waals surface area contributed by atoms with Crippen LogP contribution in [0.25, 0.3) is 34.1 Å². The zero-order valence-corrected chi connectivity index (χ0v) is 13.2. The van der Waals surface area contributed by atoms with E-state index in [4.69, 9.17) is 4.98 Å². The molecular weight excluding hydrogens is 312 g/mol. The minimum absolute atomic E-state index is 0.777. The van der Waals surface area contributed by atoms with E-state index >= 15 is 0 Å². The molecule has 6 heteroatoms. The van der Waals surface area contributed by atoms with Crippen LogP contribution in [0.3, 0.4) is 0 Å². The maximum Gasteiger partial charge on any atom is 0.325 e. The van der Waals surface area contributed by atoms with Crippen molar-refractivity contribution in [1.29, 1.82) is 0 Å². The van der Waals surface area contributed by atoms with Crippen LogP contribution in [0.2, 0.25) is 0 Å². The van der Waals surface area contributed by atoms with Gasteiger partial charge in [-0.2, -0.15) is 9.61 Å². The van der Waals surface area contributed by atoms with Crippen molar-refractivity contribution < 1.29 is 4.57 Å². The van der Waals surface area contributed by atoms with Gasteiger partial charge in [-0.1, -0.05) is 29.2 Å². The van der Waals surface area contributed by atoms with Gasteiger partial charge in [0, 0.05) is 24.0 Å². The van der Waals surface area contributed by atoms with Gasteiger partial charge >= 0.3 is 5.65 Å². The van der Waals surface area contributed by atoms with Crippen molar-refractivity contribution in [1.82, 2.24) is 24.1 Å². The number of pyridine rings is 1. The quantitative estimate of drug-likeness (QED) is 0.436. The summed E-state index contributed by atoms with van der Waals surface area (Å²) in [5.41, 5.74) is 6.04. The van der Waals surface area contributed by atoms with Gasteiger partial charge in [0.2, 0.25) is 5.65 Å². The molecule has 0 bridgehead atoms. The summed E-state index contributed by atoms with van der Waals surface area (Å²) in [7, 11) is 0. The highest BCUT2D eigenvalue weighted by atomic mass is 15.4. The summed E-state index contributed by atoms with van der Waals surface area (Å²) < 4.78 is 6.34. The number of aromatic nitrogens is 6. The van der Waals surface area contributed by atoms with Crippen molar-refractivity contribution in [3.8, 4) is 17.2 Å². The Morgan fingerprint density at radius 2 is 1.80 bits per heavy atom. The minimum Gasteiger partial charge on any atom is -0.249 e. The van der Waals surface area contributed by atoms with Crippen LogP contribution in [0.5, 0.6) is 0 Å². The van der Waals surface area contributed by atoms with Crippen molar-refractivity contribution in [3.63, 3.8) is 0 Å². The Balaban J connectivity index is 1.84. The predicted molar refractivity (Wildman–Crippen MR) is 92.3 cm³/mol. The predicted octanol–water partition coefficient (Wildman–Crippen LogP) is 2.38. The molecule has 0 fully saturated rings. The molecule has 0 radical (unpaired) electrons. The van der Waals surface area contributed by atoms with E-state index in [1.54, 1.807) is 6.20 Å². The molecule has 0 atom stereocenters. The molecule has 6 nitrogen and oxygen atoms in total. The van der Waals surface area contributed by atoms with E-state index in [-0.39, 0.29) is 0 Å². The second-order valence-electron chi connectivity index (χ2n) is 6.14. The van der Waals surface area contributed by atoms with Crippen LogP contribution in [0, 0.1) is 0 Å². The van der Waals surface area contributed by atoms with Gasteiger partial charge in [0.25, 0.3) is 11.5 Å². The average molecular weight is 325 g/mol. The Bertz CT molecular complexity index is 1270. The first-order valence-corrected chi connectivity index (χ1v) is 8.19. The van der Waals surface area contributed by atoms with Crippen LogP contribution in [-0.4, -0.2) is 24.1 Å². The van der Waals surface area contributed by atoms with Gasteiger partial charge in [0.15, 0.2) is 0 Å². The van der Waals surface area contributed by atoms with Gasteiger partial charge in [-0.25, -0.2) is 14.1 Å². The van der Waals surface area contributed by atoms with Crippen LogP contribution in [0.1, 0.15) is 5.56 Å². The largest absolute Gasteiger partial charge is 0.325 e. The second-order valence-corrected chi connectivity index (χ2v) is 6.14. The van der Waals surface area contributed by atoms with E-state index in [1.807, 2.05) is 47.1 Å². The topological polar surface area (TPSA) is 51.9 Å². The number of hydrogen-bond donors (Lipinski definition) is 0. The van der Waals surface area contributed by atoms with E-state index in [0.29, 0.717) is 0 Å². The molecule has 0 amide bonds. The summed E-state index contributed by atoms with van der Waals surface area (Å²) in [4.78, 5) is 9.47. The maximum atomic E-state index is 4.83. The number of rotatable bonds is 1. The van der Waals surface area contributed by atoms with Crippen molar-refractivity contribution in [2.24, 2.45) is 0 Å². The third-order valence-corrected chi connectivity index (χ3v) is 4.73. The van der Waals surface area contributed by atoms with Gasteiger partial charge in [-0.15, -0.1) is 0 Å². The van der Waals surface area contributed by atoms with E-state index in [0.717, 1.165) is 40.7 Å². The lowest BCUT2D eigenvalue weighted by atomic mass is 10.2. The first-order chi connectivity index (χ1) is 12.4. The van der Waals surface area contributed by atoms with Crippen LogP contribution in [-0.2, 0) is 6.54 Å². The fourth-order valence-electron chi connectivity index (χ4n) is 3.71. The zero-order valence-electron chi connectivity index (χ0n) is 13.2. The number of nitrogens with zero attached hydrogens (tertiary/aromatic N) is 6. The zero-order chi connectivity index (χ0) is 16.4. The highest BCUT2D eigenvalue weighted by Gasteiger charge is 2.37. The van der Waals surface area contributed by atoms with Gasteiger partial charge in [-0.05, 0) is 24.3 Å². The standard InChI is InChI=1S/C19H13N6/c1-2-7-14(8-3-1)24-18-16-13(6-4-10-20-16)12-23(18)17-19(24)25-15(22-17)9-5-11-21-25/h1-11H,12H2/q+1. The lowest BCUT2D eigenvalue weighted by Crippen LogP contribution is -2.31. The molecule has 118 valence electrons. The smallest absolute Gasteiger partial charge is 0.249 e. The SMILES string of the molecule is c1ccc(-n2c3[n+](c4nc5cccnn5c42)Cc2cccnc2-3)cc1. The first-order valence-electron chi connectivity index (χ1n) is 8.19. The van der Waals surface area contributed by atoms with Crippen LogP contribution >= 0.6 is 0 Å². The van der Waals surface area contributed by atoms with E-state index < -0.39 is 0 Å². The molecule has 5 aromatic rings. The molecule has 0 N–H and O–H groups in total. The summed E-state index contributed by atoms with van der Waals surface area (Å²) in [5, 5.41) is 4.52. The number of hydrogen-bond acceptors (Lipinski definition) is 3. The Morgan fingerprint density at radius 3 is 2.72 bits per heavy atom. The molecule has 5 heterocycles. The van der Waals surface area contributed by atoms with Crippen molar-refractivity contribution >= 4 is 16.9 Å². The fourth-order valence-corrected chi connectivity index (χ4v) is 3.71. The Kier molecular flexibility index (Phi) is 2.31. The maximum absolute atomic E-state index is 4.83. The molecule has 1 aliphatic rings. The summed E-state index contributed by atoms with van der Waals surface area (Å²) >= 11 is 0. The molecule has 0 aliphatic carbocycles. The number of imidazole rings is 2. The van der Waals surface area contributed by atoms with Gasteiger partial charge < -0.3 is 0 Å². The molecule has 25 heavy (non-hydrogen) atoms. The molecule has 0 saturated carbocycles. The Morgan fingerprint density at radius 1 is 0.920 bits per heavy atom. The Hall–Kier alpha value is -3.54. The molecule has 1 aromatic carbocycles. The molecule has 0 saturated heterocycles. The third-order valence-electron chi connectivity index (χ3n) is 4.73. The first kappa shape index (κ1) is 12.8. The summed E-state index contributed by atoms with van der Waals surface area (Å²) in [6.07, 6.45) is 3.64. The number of benzene rings is 1. The molecular formula is C19H13N6+. The van der Waals surface area contributed by atoms with E-state index in [9.17, 15) is 0 Å². The van der Waals surface area contributed by atoms with Crippen LogP contribution in [0.15, 0.2) is 67.0 Å². The van der Waals surface area contributed by atoms with E-state index in [2.05, 4.69) is 37.4 Å². The molecule has 6 rings (SSSR count). The monoisotopic (exact) mass is 325 g/mol. The van der Waals surface area contributed by atoms with Crippen LogP contribution < -0.4 is 4.57 Å². The lowest BCUT2D eigenvalue weighted by Gasteiger charge is -2.03. The lowest BCUT2D eigenvalue weighted by molar-refractivity contribution is -0.647. The fraction of sp³-hybridized carbons (Fsp3) is 0.0526. The highest BCUT2D eigenvalue weighted by Crippen LogP contribution is 2.32. The van der Waals surface area contributed by atoms with Crippen molar-refractivity contribution in [2.45, 2.75) is 6.54 Å².